The van der Waals surface area contributed by atoms with Gasteiger partial charge in [-0.15, -0.1) is 11.3 Å². The van der Waals surface area contributed by atoms with Crippen LogP contribution in [0.5, 0.6) is 0 Å². The summed E-state index contributed by atoms with van der Waals surface area (Å²) in [6, 6.07) is 14.6. The predicted molar refractivity (Wildman–Crippen MR) is 135 cm³/mol. The first-order valence-electron chi connectivity index (χ1n) is 10.8. The van der Waals surface area contributed by atoms with Gasteiger partial charge in [-0.3, -0.25) is 14.9 Å². The number of rotatable bonds is 6. The minimum absolute atomic E-state index is 0.0229. The lowest BCUT2D eigenvalue weighted by Gasteiger charge is -2.18. The smallest absolute Gasteiger partial charge is 0.313 e. The number of ether oxygens (including phenoxy) is 1. The SMILES string of the molecule is CC(C)(C)OC(=O)Cc1nc2c(-c3cccc(Cl)c3)c(F)c(Cc3ccc([N+](=O)[O-])cc3)cc2s1. The van der Waals surface area contributed by atoms with E-state index in [1.54, 1.807) is 63.2 Å². The summed E-state index contributed by atoms with van der Waals surface area (Å²) in [7, 11) is 0. The van der Waals surface area contributed by atoms with Crippen LogP contribution in [-0.2, 0) is 22.4 Å². The first kappa shape index (κ1) is 24.8. The van der Waals surface area contributed by atoms with Gasteiger partial charge in [0.25, 0.3) is 5.69 Å². The molecule has 3 aromatic carbocycles. The van der Waals surface area contributed by atoms with Crippen LogP contribution >= 0.6 is 22.9 Å². The summed E-state index contributed by atoms with van der Waals surface area (Å²) in [6.07, 6.45) is 0.206. The Hall–Kier alpha value is -3.36. The Morgan fingerprint density at radius 3 is 2.51 bits per heavy atom. The molecule has 0 amide bonds. The average molecular weight is 513 g/mol. The molecule has 0 bridgehead atoms. The largest absolute Gasteiger partial charge is 0.460 e. The van der Waals surface area contributed by atoms with E-state index in [1.165, 1.54) is 23.5 Å². The number of thiazole rings is 1. The molecule has 4 rings (SSSR count). The van der Waals surface area contributed by atoms with Gasteiger partial charge in [0.05, 0.1) is 21.6 Å². The predicted octanol–water partition coefficient (Wildman–Crippen LogP) is 7.14. The number of nitro benzene ring substituents is 1. The summed E-state index contributed by atoms with van der Waals surface area (Å²) in [5, 5.41) is 11.9. The van der Waals surface area contributed by atoms with E-state index in [2.05, 4.69) is 4.98 Å². The van der Waals surface area contributed by atoms with Gasteiger partial charge < -0.3 is 4.74 Å². The Morgan fingerprint density at radius 1 is 1.17 bits per heavy atom. The topological polar surface area (TPSA) is 82.3 Å². The Labute approximate surface area is 210 Å². The van der Waals surface area contributed by atoms with E-state index in [0.717, 1.165) is 10.3 Å². The second kappa shape index (κ2) is 9.71. The number of non-ortho nitro benzene ring substituents is 1. The zero-order valence-corrected chi connectivity index (χ0v) is 20.9. The maximum absolute atomic E-state index is 15.9. The third-order valence-corrected chi connectivity index (χ3v) is 6.35. The van der Waals surface area contributed by atoms with E-state index in [-0.39, 0.29) is 18.5 Å². The van der Waals surface area contributed by atoms with Crippen LogP contribution in [0.25, 0.3) is 21.3 Å². The Morgan fingerprint density at radius 2 is 1.89 bits per heavy atom. The number of nitrogens with zero attached hydrogens (tertiary/aromatic N) is 2. The molecule has 0 spiro atoms. The molecule has 0 N–H and O–H groups in total. The number of esters is 1. The normalized spacial score (nSPS) is 11.6. The highest BCUT2D eigenvalue weighted by Crippen LogP contribution is 2.38. The van der Waals surface area contributed by atoms with E-state index < -0.39 is 22.3 Å². The lowest BCUT2D eigenvalue weighted by Crippen LogP contribution is -2.24. The fourth-order valence-electron chi connectivity index (χ4n) is 3.71. The van der Waals surface area contributed by atoms with E-state index in [4.69, 9.17) is 16.3 Å². The van der Waals surface area contributed by atoms with Gasteiger partial charge in [0.15, 0.2) is 0 Å². The maximum atomic E-state index is 15.9. The van der Waals surface area contributed by atoms with Gasteiger partial charge in [-0.25, -0.2) is 9.37 Å². The van der Waals surface area contributed by atoms with Crippen molar-refractivity contribution in [2.45, 2.75) is 39.2 Å². The lowest BCUT2D eigenvalue weighted by molar-refractivity contribution is -0.384. The number of hydrogen-bond acceptors (Lipinski definition) is 6. The van der Waals surface area contributed by atoms with Crippen molar-refractivity contribution in [3.05, 3.63) is 91.7 Å². The highest BCUT2D eigenvalue weighted by Gasteiger charge is 2.22. The highest BCUT2D eigenvalue weighted by molar-refractivity contribution is 7.18. The van der Waals surface area contributed by atoms with Crippen molar-refractivity contribution in [3.8, 4) is 11.1 Å². The fraction of sp³-hybridized carbons (Fsp3) is 0.231. The Kier molecular flexibility index (Phi) is 6.87. The summed E-state index contributed by atoms with van der Waals surface area (Å²) in [4.78, 5) is 27.4. The van der Waals surface area contributed by atoms with Gasteiger partial charge in [0.2, 0.25) is 0 Å². The van der Waals surface area contributed by atoms with Gasteiger partial charge in [-0.2, -0.15) is 0 Å². The van der Waals surface area contributed by atoms with Crippen molar-refractivity contribution in [3.63, 3.8) is 0 Å². The van der Waals surface area contributed by atoms with Crippen molar-refractivity contribution in [1.29, 1.82) is 0 Å². The van der Waals surface area contributed by atoms with Crippen LogP contribution in [0.15, 0.2) is 54.6 Å². The molecule has 0 atom stereocenters. The summed E-state index contributed by atoms with van der Waals surface area (Å²) in [5.41, 5.74) is 1.80. The van der Waals surface area contributed by atoms with Gasteiger partial charge in [0.1, 0.15) is 16.4 Å². The van der Waals surface area contributed by atoms with Crippen molar-refractivity contribution in [2.24, 2.45) is 0 Å². The lowest BCUT2D eigenvalue weighted by atomic mass is 9.97. The van der Waals surface area contributed by atoms with E-state index in [0.29, 0.717) is 32.2 Å². The standard InChI is InChI=1S/C26H22ClFN2O4S/c1-26(2,3)34-22(31)14-21-29-25-20(35-21)13-17(11-15-7-9-19(10-8-15)30(32)33)24(28)23(25)16-5-4-6-18(27)12-16/h4-10,12-13H,11,14H2,1-3H3. The molecule has 0 saturated carbocycles. The molecule has 0 radical (unpaired) electrons. The van der Waals surface area contributed by atoms with Gasteiger partial charge in [-0.05, 0) is 55.7 Å². The average Bonchev–Trinajstić information content (AvgIpc) is 3.14. The Bertz CT molecular complexity index is 1430. The van der Waals surface area contributed by atoms with Crippen molar-refractivity contribution in [1.82, 2.24) is 4.98 Å². The molecule has 0 saturated heterocycles. The zero-order chi connectivity index (χ0) is 25.3. The summed E-state index contributed by atoms with van der Waals surface area (Å²) in [6.45, 7) is 5.38. The molecule has 1 aromatic heterocycles. The number of fused-ring (bicyclic) bond motifs is 1. The van der Waals surface area contributed by atoms with Crippen LogP contribution in [0.2, 0.25) is 5.02 Å². The molecule has 9 heteroatoms. The second-order valence-electron chi connectivity index (χ2n) is 9.05. The minimum Gasteiger partial charge on any atom is -0.460 e. The highest BCUT2D eigenvalue weighted by atomic mass is 35.5. The molecule has 35 heavy (non-hydrogen) atoms. The molecule has 4 aromatic rings. The molecular formula is C26H22ClFN2O4S. The number of halogens is 2. The van der Waals surface area contributed by atoms with Crippen LogP contribution < -0.4 is 0 Å². The monoisotopic (exact) mass is 512 g/mol. The van der Waals surface area contributed by atoms with Gasteiger partial charge in [-0.1, -0.05) is 35.9 Å². The van der Waals surface area contributed by atoms with Crippen LogP contribution in [0, 0.1) is 15.9 Å². The van der Waals surface area contributed by atoms with E-state index >= 15 is 4.39 Å². The second-order valence-corrected chi connectivity index (χ2v) is 10.6. The van der Waals surface area contributed by atoms with Crippen LogP contribution in [0.4, 0.5) is 10.1 Å². The maximum Gasteiger partial charge on any atom is 0.313 e. The fourth-order valence-corrected chi connectivity index (χ4v) is 4.93. The molecule has 180 valence electrons. The molecule has 6 nitrogen and oxygen atoms in total. The number of hydrogen-bond donors (Lipinski definition) is 0. The van der Waals surface area contributed by atoms with Crippen LogP contribution in [0.3, 0.4) is 0 Å². The molecule has 1 heterocycles. The Balaban J connectivity index is 1.79. The van der Waals surface area contributed by atoms with Crippen molar-refractivity contribution >= 4 is 44.8 Å². The number of carbonyl (C=O) groups is 1. The van der Waals surface area contributed by atoms with Crippen molar-refractivity contribution in [2.75, 3.05) is 0 Å². The van der Waals surface area contributed by atoms with Gasteiger partial charge >= 0.3 is 5.97 Å². The quantitative estimate of drug-likeness (QED) is 0.156. The molecular weight excluding hydrogens is 491 g/mol. The van der Waals surface area contributed by atoms with Crippen LogP contribution in [0.1, 0.15) is 36.9 Å². The number of aromatic nitrogens is 1. The zero-order valence-electron chi connectivity index (χ0n) is 19.3. The number of nitro groups is 1. The first-order chi connectivity index (χ1) is 16.5. The van der Waals surface area contributed by atoms with E-state index in [1.807, 2.05) is 0 Å². The molecule has 0 fully saturated rings. The first-order valence-corrected chi connectivity index (χ1v) is 12.0. The van der Waals surface area contributed by atoms with Crippen molar-refractivity contribution < 1.29 is 18.8 Å². The summed E-state index contributed by atoms with van der Waals surface area (Å²) >= 11 is 7.49. The number of benzene rings is 3. The van der Waals surface area contributed by atoms with E-state index in [9.17, 15) is 14.9 Å². The molecule has 0 aliphatic heterocycles. The molecule has 0 aliphatic carbocycles. The third-order valence-electron chi connectivity index (χ3n) is 5.11. The number of carbonyl (C=O) groups excluding carboxylic acids is 1. The summed E-state index contributed by atoms with van der Waals surface area (Å²) < 4.78 is 22.1. The van der Waals surface area contributed by atoms with Gasteiger partial charge in [0, 0.05) is 29.1 Å². The minimum atomic E-state index is -0.621. The summed E-state index contributed by atoms with van der Waals surface area (Å²) in [5.74, 6) is -0.861. The molecule has 0 unspecified atom stereocenters. The van der Waals surface area contributed by atoms with Crippen LogP contribution in [-0.4, -0.2) is 21.5 Å². The molecule has 0 aliphatic rings. The third kappa shape index (κ3) is 5.83.